The quantitative estimate of drug-likeness (QED) is 0.864. The van der Waals surface area contributed by atoms with Crippen molar-refractivity contribution in [1.29, 1.82) is 0 Å². The van der Waals surface area contributed by atoms with Gasteiger partial charge >= 0.3 is 0 Å². The van der Waals surface area contributed by atoms with E-state index in [2.05, 4.69) is 43.2 Å². The number of para-hydroxylation sites is 1. The minimum absolute atomic E-state index is 0.0103. The van der Waals surface area contributed by atoms with Gasteiger partial charge < -0.3 is 10.2 Å². The monoisotopic (exact) mass is 311 g/mol. The van der Waals surface area contributed by atoms with Crippen molar-refractivity contribution < 1.29 is 4.79 Å². The zero-order chi connectivity index (χ0) is 16.8. The average Bonchev–Trinajstić information content (AvgIpc) is 2.55. The molecule has 0 atom stereocenters. The number of pyridine rings is 1. The summed E-state index contributed by atoms with van der Waals surface area (Å²) in [5.74, 6) is 0.0103. The van der Waals surface area contributed by atoms with Crippen LogP contribution in [-0.4, -0.2) is 29.4 Å². The Morgan fingerprint density at radius 2 is 1.91 bits per heavy atom. The van der Waals surface area contributed by atoms with Crippen LogP contribution in [0.5, 0.6) is 0 Å². The van der Waals surface area contributed by atoms with Crippen LogP contribution in [0.2, 0.25) is 0 Å². The maximum Gasteiger partial charge on any atom is 0.255 e. The van der Waals surface area contributed by atoms with Crippen molar-refractivity contribution in [3.63, 3.8) is 0 Å². The Kier molecular flexibility index (Phi) is 5.74. The molecule has 4 nitrogen and oxygen atoms in total. The fourth-order valence-electron chi connectivity index (χ4n) is 2.50. The highest BCUT2D eigenvalue weighted by Crippen LogP contribution is 2.24. The predicted octanol–water partition coefficient (Wildman–Crippen LogP) is 4.31. The molecule has 0 fully saturated rings. The van der Waals surface area contributed by atoms with Gasteiger partial charge in [0.15, 0.2) is 0 Å². The lowest BCUT2D eigenvalue weighted by Crippen LogP contribution is -2.27. The summed E-state index contributed by atoms with van der Waals surface area (Å²) in [6, 6.07) is 8.03. The molecule has 0 radical (unpaired) electrons. The van der Waals surface area contributed by atoms with Crippen molar-refractivity contribution in [2.75, 3.05) is 18.9 Å². The number of anilines is 2. The summed E-state index contributed by atoms with van der Waals surface area (Å²) in [5.41, 5.74) is 4.85. The van der Waals surface area contributed by atoms with E-state index in [1.807, 2.05) is 19.2 Å². The third-order valence-corrected chi connectivity index (χ3v) is 3.93. The molecule has 1 heterocycles. The molecular formula is C19H25N3O. The van der Waals surface area contributed by atoms with Gasteiger partial charge in [0.05, 0.1) is 17.4 Å². The third-order valence-electron chi connectivity index (χ3n) is 3.93. The lowest BCUT2D eigenvalue weighted by molar-refractivity contribution is 0.0793. The highest BCUT2D eigenvalue weighted by Gasteiger charge is 2.12. The Morgan fingerprint density at radius 3 is 2.57 bits per heavy atom. The van der Waals surface area contributed by atoms with Crippen LogP contribution in [0, 0.1) is 13.8 Å². The van der Waals surface area contributed by atoms with Gasteiger partial charge in [0.1, 0.15) is 0 Å². The van der Waals surface area contributed by atoms with Gasteiger partial charge in [-0.1, -0.05) is 31.5 Å². The van der Waals surface area contributed by atoms with Gasteiger partial charge in [0.2, 0.25) is 0 Å². The van der Waals surface area contributed by atoms with Gasteiger partial charge in [0, 0.05) is 25.5 Å². The number of hydrogen-bond acceptors (Lipinski definition) is 3. The summed E-state index contributed by atoms with van der Waals surface area (Å²) in [6.07, 6.45) is 5.45. The van der Waals surface area contributed by atoms with Crippen LogP contribution < -0.4 is 5.32 Å². The number of nitrogens with one attached hydrogen (secondary N) is 1. The fourth-order valence-corrected chi connectivity index (χ4v) is 2.50. The maximum absolute atomic E-state index is 12.4. The number of rotatable bonds is 6. The minimum atomic E-state index is 0.0103. The van der Waals surface area contributed by atoms with E-state index in [4.69, 9.17) is 0 Å². The largest absolute Gasteiger partial charge is 0.354 e. The molecule has 1 N–H and O–H groups in total. The van der Waals surface area contributed by atoms with Crippen LogP contribution in [0.15, 0.2) is 36.7 Å². The highest BCUT2D eigenvalue weighted by molar-refractivity contribution is 5.94. The molecule has 23 heavy (non-hydrogen) atoms. The number of benzene rings is 1. The maximum atomic E-state index is 12.4. The summed E-state index contributed by atoms with van der Waals surface area (Å²) in [7, 11) is 1.84. The van der Waals surface area contributed by atoms with E-state index in [1.54, 1.807) is 17.3 Å². The van der Waals surface area contributed by atoms with Crippen molar-refractivity contribution in [2.45, 2.75) is 33.6 Å². The Morgan fingerprint density at radius 1 is 1.22 bits per heavy atom. The first-order chi connectivity index (χ1) is 11.0. The Hall–Kier alpha value is -2.36. The molecular weight excluding hydrogens is 286 g/mol. The average molecular weight is 311 g/mol. The SMILES string of the molecule is CCCCN(C)C(=O)c1cncc(Nc2c(C)cccc2C)c1. The molecule has 0 saturated carbocycles. The Bertz CT molecular complexity index is 662. The van der Waals surface area contributed by atoms with Gasteiger partial charge in [-0.15, -0.1) is 0 Å². The summed E-state index contributed by atoms with van der Waals surface area (Å²) < 4.78 is 0. The molecule has 4 heteroatoms. The van der Waals surface area contributed by atoms with E-state index in [1.165, 1.54) is 11.1 Å². The van der Waals surface area contributed by atoms with Crippen LogP contribution in [0.3, 0.4) is 0 Å². The van der Waals surface area contributed by atoms with Crippen molar-refractivity contribution in [3.05, 3.63) is 53.3 Å². The van der Waals surface area contributed by atoms with Gasteiger partial charge in [0.25, 0.3) is 5.91 Å². The van der Waals surface area contributed by atoms with Crippen molar-refractivity contribution in [3.8, 4) is 0 Å². The molecule has 0 spiro atoms. The smallest absolute Gasteiger partial charge is 0.255 e. The normalized spacial score (nSPS) is 10.4. The molecule has 0 bridgehead atoms. The molecule has 1 aromatic carbocycles. The number of amides is 1. The number of carbonyl (C=O) groups excluding carboxylic acids is 1. The van der Waals surface area contributed by atoms with E-state index in [0.29, 0.717) is 5.56 Å². The number of carbonyl (C=O) groups is 1. The molecule has 0 saturated heterocycles. The standard InChI is InChI=1S/C19H25N3O/c1-5-6-10-22(4)19(23)16-11-17(13-20-12-16)21-18-14(2)8-7-9-15(18)3/h7-9,11-13,21H,5-6,10H2,1-4H3. The molecule has 0 aliphatic rings. The molecule has 122 valence electrons. The van der Waals surface area contributed by atoms with Crippen molar-refractivity contribution in [1.82, 2.24) is 9.88 Å². The van der Waals surface area contributed by atoms with Crippen LogP contribution in [0.4, 0.5) is 11.4 Å². The second-order valence-electron chi connectivity index (χ2n) is 5.93. The molecule has 0 aliphatic carbocycles. The molecule has 0 aliphatic heterocycles. The van der Waals surface area contributed by atoms with Crippen LogP contribution in [0.1, 0.15) is 41.3 Å². The summed E-state index contributed by atoms with van der Waals surface area (Å²) in [5, 5.41) is 3.38. The first-order valence-corrected chi connectivity index (χ1v) is 8.06. The summed E-state index contributed by atoms with van der Waals surface area (Å²) >= 11 is 0. The Balaban J connectivity index is 2.18. The van der Waals surface area contributed by atoms with Crippen molar-refractivity contribution in [2.24, 2.45) is 0 Å². The zero-order valence-electron chi connectivity index (χ0n) is 14.4. The van der Waals surface area contributed by atoms with E-state index in [-0.39, 0.29) is 5.91 Å². The van der Waals surface area contributed by atoms with Gasteiger partial charge in [-0.05, 0) is 37.5 Å². The van der Waals surface area contributed by atoms with Crippen LogP contribution in [-0.2, 0) is 0 Å². The number of aromatic nitrogens is 1. The van der Waals surface area contributed by atoms with E-state index in [0.717, 1.165) is 30.8 Å². The lowest BCUT2D eigenvalue weighted by atomic mass is 10.1. The minimum Gasteiger partial charge on any atom is -0.354 e. The first-order valence-electron chi connectivity index (χ1n) is 8.06. The molecule has 1 amide bonds. The third kappa shape index (κ3) is 4.31. The number of unbranched alkanes of at least 4 members (excludes halogenated alkanes) is 1. The van der Waals surface area contributed by atoms with Crippen LogP contribution in [0.25, 0.3) is 0 Å². The van der Waals surface area contributed by atoms with Gasteiger partial charge in [-0.2, -0.15) is 0 Å². The van der Waals surface area contributed by atoms with E-state index in [9.17, 15) is 4.79 Å². The number of aryl methyl sites for hydroxylation is 2. The molecule has 2 rings (SSSR count). The van der Waals surface area contributed by atoms with E-state index < -0.39 is 0 Å². The topological polar surface area (TPSA) is 45.2 Å². The predicted molar refractivity (Wildman–Crippen MR) is 95.3 cm³/mol. The molecule has 2 aromatic rings. The van der Waals surface area contributed by atoms with Crippen LogP contribution >= 0.6 is 0 Å². The molecule has 1 aromatic heterocycles. The highest BCUT2D eigenvalue weighted by atomic mass is 16.2. The molecule has 0 unspecified atom stereocenters. The Labute approximate surface area is 138 Å². The lowest BCUT2D eigenvalue weighted by Gasteiger charge is -2.17. The second kappa shape index (κ2) is 7.77. The first kappa shape index (κ1) is 17.0. The van der Waals surface area contributed by atoms with E-state index >= 15 is 0 Å². The van der Waals surface area contributed by atoms with Crippen molar-refractivity contribution >= 4 is 17.3 Å². The fraction of sp³-hybridized carbons (Fsp3) is 0.368. The number of nitrogens with zero attached hydrogens (tertiary/aromatic N) is 2. The summed E-state index contributed by atoms with van der Waals surface area (Å²) in [6.45, 7) is 7.02. The zero-order valence-corrected chi connectivity index (χ0v) is 14.4. The van der Waals surface area contributed by atoms with Gasteiger partial charge in [-0.3, -0.25) is 9.78 Å². The second-order valence-corrected chi connectivity index (χ2v) is 5.93. The summed E-state index contributed by atoms with van der Waals surface area (Å²) in [4.78, 5) is 18.4. The van der Waals surface area contributed by atoms with Gasteiger partial charge in [-0.25, -0.2) is 0 Å². The number of hydrogen-bond donors (Lipinski definition) is 1.